The van der Waals surface area contributed by atoms with Crippen LogP contribution in [0.4, 0.5) is 0 Å². The minimum Gasteiger partial charge on any atom is -0.495 e. The second kappa shape index (κ2) is 6.79. The monoisotopic (exact) mass is 296 g/mol. The molecule has 1 aromatic carbocycles. The third-order valence-electron chi connectivity index (χ3n) is 4.29. The number of likely N-dealkylation sites (tertiary alicyclic amines) is 1. The zero-order valence-electron chi connectivity index (χ0n) is 12.7. The minimum absolute atomic E-state index is 0.419. The molecule has 0 amide bonds. The van der Waals surface area contributed by atoms with Gasteiger partial charge in [0.05, 0.1) is 12.1 Å². The van der Waals surface area contributed by atoms with Crippen molar-refractivity contribution in [1.29, 1.82) is 0 Å². The maximum atomic E-state index is 6.14. The first-order valence-corrected chi connectivity index (χ1v) is 7.62. The molecule has 1 N–H and O–H groups in total. The van der Waals surface area contributed by atoms with Crippen molar-refractivity contribution >= 4 is 11.6 Å². The van der Waals surface area contributed by atoms with Crippen LogP contribution in [-0.2, 0) is 6.54 Å². The molecule has 0 atom stereocenters. The molecule has 0 aliphatic carbocycles. The summed E-state index contributed by atoms with van der Waals surface area (Å²) in [5, 5.41) is 4.25. The van der Waals surface area contributed by atoms with Gasteiger partial charge in [0.2, 0.25) is 0 Å². The van der Waals surface area contributed by atoms with Gasteiger partial charge in [-0.1, -0.05) is 24.6 Å². The zero-order valence-corrected chi connectivity index (χ0v) is 13.5. The Kier molecular flexibility index (Phi) is 5.30. The van der Waals surface area contributed by atoms with Crippen LogP contribution >= 0.6 is 11.6 Å². The van der Waals surface area contributed by atoms with Crippen molar-refractivity contribution in [3.63, 3.8) is 0 Å². The van der Waals surface area contributed by atoms with E-state index in [1.807, 2.05) is 12.1 Å². The number of halogens is 1. The van der Waals surface area contributed by atoms with Crippen molar-refractivity contribution in [2.45, 2.75) is 26.3 Å². The van der Waals surface area contributed by atoms with Crippen LogP contribution < -0.4 is 10.1 Å². The summed E-state index contributed by atoms with van der Waals surface area (Å²) >= 11 is 6.14. The number of ether oxygens (including phenoxy) is 1. The van der Waals surface area contributed by atoms with Gasteiger partial charge in [-0.25, -0.2) is 0 Å². The van der Waals surface area contributed by atoms with E-state index in [-0.39, 0.29) is 0 Å². The van der Waals surface area contributed by atoms with Crippen molar-refractivity contribution in [1.82, 2.24) is 10.2 Å². The van der Waals surface area contributed by atoms with Crippen LogP contribution in [0.5, 0.6) is 5.75 Å². The topological polar surface area (TPSA) is 24.5 Å². The van der Waals surface area contributed by atoms with E-state index in [1.165, 1.54) is 31.5 Å². The zero-order chi connectivity index (χ0) is 14.6. The van der Waals surface area contributed by atoms with Crippen LogP contribution in [0, 0.1) is 5.41 Å². The van der Waals surface area contributed by atoms with E-state index in [4.69, 9.17) is 16.3 Å². The number of nitrogens with one attached hydrogen (secondary N) is 1. The Morgan fingerprint density at radius 1 is 1.35 bits per heavy atom. The first-order chi connectivity index (χ1) is 9.52. The molecule has 20 heavy (non-hydrogen) atoms. The van der Waals surface area contributed by atoms with E-state index in [1.54, 1.807) is 7.11 Å². The van der Waals surface area contributed by atoms with Gasteiger partial charge in [-0.2, -0.15) is 0 Å². The Morgan fingerprint density at radius 3 is 2.65 bits per heavy atom. The van der Waals surface area contributed by atoms with Crippen LogP contribution in [0.25, 0.3) is 0 Å². The number of rotatable bonds is 5. The number of piperidine rings is 1. The molecule has 1 aliphatic rings. The van der Waals surface area contributed by atoms with Crippen LogP contribution in [0.1, 0.15) is 25.3 Å². The van der Waals surface area contributed by atoms with Crippen LogP contribution in [0.15, 0.2) is 18.2 Å². The molecule has 1 aliphatic heterocycles. The lowest BCUT2D eigenvalue weighted by atomic mass is 9.80. The van der Waals surface area contributed by atoms with Crippen molar-refractivity contribution in [2.75, 3.05) is 33.8 Å². The van der Waals surface area contributed by atoms with E-state index >= 15 is 0 Å². The molecule has 1 heterocycles. The SMILES string of the molecule is COc1ccc(CNCC2(C)CCN(C)CC2)cc1Cl. The molecule has 112 valence electrons. The van der Waals surface area contributed by atoms with Gasteiger partial charge in [0, 0.05) is 13.1 Å². The highest BCUT2D eigenvalue weighted by Gasteiger charge is 2.28. The largest absolute Gasteiger partial charge is 0.495 e. The summed E-state index contributed by atoms with van der Waals surface area (Å²) in [6.45, 7) is 6.70. The van der Waals surface area contributed by atoms with Crippen LogP contribution in [0.2, 0.25) is 5.02 Å². The lowest BCUT2D eigenvalue weighted by molar-refractivity contribution is 0.137. The molecule has 0 bridgehead atoms. The molecular formula is C16H25ClN2O. The predicted molar refractivity (Wildman–Crippen MR) is 84.5 cm³/mol. The van der Waals surface area contributed by atoms with E-state index in [9.17, 15) is 0 Å². The van der Waals surface area contributed by atoms with Gasteiger partial charge in [0.25, 0.3) is 0 Å². The van der Waals surface area contributed by atoms with Gasteiger partial charge >= 0.3 is 0 Å². The summed E-state index contributed by atoms with van der Waals surface area (Å²) in [7, 11) is 3.84. The average Bonchev–Trinajstić information content (AvgIpc) is 2.43. The molecule has 4 heteroatoms. The van der Waals surface area contributed by atoms with Gasteiger partial charge < -0.3 is 15.0 Å². The van der Waals surface area contributed by atoms with Crippen molar-refractivity contribution in [3.8, 4) is 5.75 Å². The molecule has 1 aromatic rings. The quantitative estimate of drug-likeness (QED) is 0.903. The Hall–Kier alpha value is -0.770. The molecule has 1 saturated heterocycles. The highest BCUT2D eigenvalue weighted by atomic mass is 35.5. The number of methoxy groups -OCH3 is 1. The molecule has 0 unspecified atom stereocenters. The Labute approximate surface area is 127 Å². The lowest BCUT2D eigenvalue weighted by Crippen LogP contribution is -2.41. The highest BCUT2D eigenvalue weighted by molar-refractivity contribution is 6.32. The highest BCUT2D eigenvalue weighted by Crippen LogP contribution is 2.29. The van der Waals surface area contributed by atoms with E-state index in [0.717, 1.165) is 18.8 Å². The van der Waals surface area contributed by atoms with Gasteiger partial charge in [-0.05, 0) is 56.1 Å². The third kappa shape index (κ3) is 4.11. The fourth-order valence-corrected chi connectivity index (χ4v) is 2.94. The number of hydrogen-bond donors (Lipinski definition) is 1. The normalized spacial score (nSPS) is 19.0. The van der Waals surface area contributed by atoms with Gasteiger partial charge in [0.15, 0.2) is 0 Å². The molecule has 1 fully saturated rings. The second-order valence-corrected chi connectivity index (χ2v) is 6.59. The number of hydrogen-bond acceptors (Lipinski definition) is 3. The van der Waals surface area contributed by atoms with Crippen molar-refractivity contribution in [2.24, 2.45) is 5.41 Å². The van der Waals surface area contributed by atoms with E-state index < -0.39 is 0 Å². The molecule has 0 saturated carbocycles. The Balaban J connectivity index is 1.82. The fraction of sp³-hybridized carbons (Fsp3) is 0.625. The van der Waals surface area contributed by atoms with Crippen LogP contribution in [0.3, 0.4) is 0 Å². The standard InChI is InChI=1S/C16H25ClN2O/c1-16(6-8-19(2)9-7-16)12-18-11-13-4-5-15(20-3)14(17)10-13/h4-5,10,18H,6-9,11-12H2,1-3H3. The second-order valence-electron chi connectivity index (χ2n) is 6.19. The first kappa shape index (κ1) is 15.6. The maximum absolute atomic E-state index is 6.14. The van der Waals surface area contributed by atoms with Crippen LogP contribution in [-0.4, -0.2) is 38.7 Å². The summed E-state index contributed by atoms with van der Waals surface area (Å²) < 4.78 is 5.17. The fourth-order valence-electron chi connectivity index (χ4n) is 2.66. The van der Waals surface area contributed by atoms with E-state index in [0.29, 0.717) is 10.4 Å². The van der Waals surface area contributed by atoms with Crippen molar-refractivity contribution < 1.29 is 4.74 Å². The molecule has 0 radical (unpaired) electrons. The summed E-state index contributed by atoms with van der Waals surface area (Å²) in [6.07, 6.45) is 2.53. The molecule has 2 rings (SSSR count). The Bertz CT molecular complexity index is 442. The maximum Gasteiger partial charge on any atom is 0.137 e. The molecular weight excluding hydrogens is 272 g/mol. The van der Waals surface area contributed by atoms with Gasteiger partial charge in [0.1, 0.15) is 5.75 Å². The minimum atomic E-state index is 0.419. The van der Waals surface area contributed by atoms with E-state index in [2.05, 4.69) is 30.3 Å². The third-order valence-corrected chi connectivity index (χ3v) is 4.59. The Morgan fingerprint density at radius 2 is 2.05 bits per heavy atom. The number of nitrogens with zero attached hydrogens (tertiary/aromatic N) is 1. The smallest absolute Gasteiger partial charge is 0.137 e. The first-order valence-electron chi connectivity index (χ1n) is 7.24. The van der Waals surface area contributed by atoms with Crippen molar-refractivity contribution in [3.05, 3.63) is 28.8 Å². The molecule has 0 spiro atoms. The summed E-state index contributed by atoms with van der Waals surface area (Å²) in [5.41, 5.74) is 1.62. The molecule has 3 nitrogen and oxygen atoms in total. The summed E-state index contributed by atoms with van der Waals surface area (Å²) in [5.74, 6) is 0.734. The van der Waals surface area contributed by atoms with Gasteiger partial charge in [-0.15, -0.1) is 0 Å². The summed E-state index contributed by atoms with van der Waals surface area (Å²) in [6, 6.07) is 5.97. The average molecular weight is 297 g/mol. The summed E-state index contributed by atoms with van der Waals surface area (Å²) in [4.78, 5) is 2.41. The molecule has 0 aromatic heterocycles. The van der Waals surface area contributed by atoms with Gasteiger partial charge in [-0.3, -0.25) is 0 Å². The lowest BCUT2D eigenvalue weighted by Gasteiger charge is -2.38. The number of benzene rings is 1. The predicted octanol–water partition coefficient (Wildman–Crippen LogP) is 3.17.